The molecule has 1 saturated carbocycles. The Kier molecular flexibility index (Phi) is 5.73. The number of rotatable bonds is 7. The van der Waals surface area contributed by atoms with Crippen molar-refractivity contribution in [3.8, 4) is 5.75 Å². The Balaban J connectivity index is 1.57. The number of hydrogen-bond donors (Lipinski definition) is 1. The van der Waals surface area contributed by atoms with Crippen LogP contribution in [0, 0.1) is 13.8 Å². The third kappa shape index (κ3) is 4.30. The maximum Gasteiger partial charge on any atom is 0.240 e. The number of sulfonamides is 1. The zero-order valence-corrected chi connectivity index (χ0v) is 16.6. The second-order valence-electron chi connectivity index (χ2n) is 7.10. The quantitative estimate of drug-likeness (QED) is 0.805. The van der Waals surface area contributed by atoms with Gasteiger partial charge in [-0.2, -0.15) is 0 Å². The lowest BCUT2D eigenvalue weighted by atomic mass is 10.2. The molecule has 1 aliphatic rings. The van der Waals surface area contributed by atoms with Gasteiger partial charge >= 0.3 is 0 Å². The summed E-state index contributed by atoms with van der Waals surface area (Å²) < 4.78 is 35.7. The first-order valence-corrected chi connectivity index (χ1v) is 10.7. The molecule has 2 aromatic rings. The first kappa shape index (κ1) is 19.0. The summed E-state index contributed by atoms with van der Waals surface area (Å²) in [4.78, 5) is 0.275. The first-order valence-electron chi connectivity index (χ1n) is 9.25. The van der Waals surface area contributed by atoms with Gasteiger partial charge in [-0.25, -0.2) is 13.1 Å². The summed E-state index contributed by atoms with van der Waals surface area (Å²) in [6.07, 6.45) is 5.53. The highest BCUT2D eigenvalue weighted by molar-refractivity contribution is 7.89. The third-order valence-corrected chi connectivity index (χ3v) is 6.78. The van der Waals surface area contributed by atoms with E-state index in [1.807, 2.05) is 7.05 Å². The van der Waals surface area contributed by atoms with Crippen molar-refractivity contribution in [1.29, 1.82) is 0 Å². The van der Waals surface area contributed by atoms with Crippen molar-refractivity contribution in [3.63, 3.8) is 0 Å². The molecule has 0 unspecified atom stereocenters. The number of aryl methyl sites for hydroxylation is 1. The van der Waals surface area contributed by atoms with E-state index >= 15 is 0 Å². The van der Waals surface area contributed by atoms with Crippen LogP contribution >= 0.6 is 0 Å². The van der Waals surface area contributed by atoms with Crippen molar-refractivity contribution in [2.75, 3.05) is 6.54 Å². The number of hydrogen-bond acceptors (Lipinski definition) is 3. The average molecular weight is 377 g/mol. The molecular weight excluding hydrogens is 348 g/mol. The summed E-state index contributed by atoms with van der Waals surface area (Å²) in [5, 5.41) is 0. The van der Waals surface area contributed by atoms with E-state index in [9.17, 15) is 8.42 Å². The van der Waals surface area contributed by atoms with Gasteiger partial charge in [-0.1, -0.05) is 0 Å². The van der Waals surface area contributed by atoms with Crippen LogP contribution in [0.5, 0.6) is 5.75 Å². The van der Waals surface area contributed by atoms with Crippen LogP contribution in [0.1, 0.15) is 42.6 Å². The molecule has 3 rings (SSSR count). The van der Waals surface area contributed by atoms with Crippen molar-refractivity contribution in [1.82, 2.24) is 9.29 Å². The molecule has 1 heterocycles. The third-order valence-electron chi connectivity index (χ3n) is 5.31. The zero-order valence-electron chi connectivity index (χ0n) is 15.8. The number of nitrogens with zero attached hydrogens (tertiary/aromatic N) is 1. The molecule has 26 heavy (non-hydrogen) atoms. The Morgan fingerprint density at radius 1 is 1.15 bits per heavy atom. The molecule has 0 spiro atoms. The van der Waals surface area contributed by atoms with Crippen LogP contribution in [0.3, 0.4) is 0 Å². The van der Waals surface area contributed by atoms with Crippen LogP contribution in [0.4, 0.5) is 0 Å². The molecule has 1 aromatic carbocycles. The van der Waals surface area contributed by atoms with Crippen LogP contribution in [0.25, 0.3) is 0 Å². The summed E-state index contributed by atoms with van der Waals surface area (Å²) >= 11 is 0. The van der Waals surface area contributed by atoms with Crippen molar-refractivity contribution in [2.24, 2.45) is 7.05 Å². The van der Waals surface area contributed by atoms with E-state index in [-0.39, 0.29) is 11.0 Å². The monoisotopic (exact) mass is 376 g/mol. The van der Waals surface area contributed by atoms with Gasteiger partial charge in [0.05, 0.1) is 11.0 Å². The van der Waals surface area contributed by atoms with Gasteiger partial charge in [-0.15, -0.1) is 0 Å². The maximum atomic E-state index is 12.5. The molecule has 0 radical (unpaired) electrons. The van der Waals surface area contributed by atoms with E-state index in [1.165, 1.54) is 29.8 Å². The van der Waals surface area contributed by atoms with Gasteiger partial charge in [0.25, 0.3) is 0 Å². The summed E-state index contributed by atoms with van der Waals surface area (Å²) in [7, 11) is -1.48. The second kappa shape index (κ2) is 7.84. The van der Waals surface area contributed by atoms with Crippen molar-refractivity contribution >= 4 is 10.0 Å². The number of ether oxygens (including phenoxy) is 1. The van der Waals surface area contributed by atoms with E-state index in [0.29, 0.717) is 13.0 Å². The Morgan fingerprint density at radius 3 is 2.38 bits per heavy atom. The van der Waals surface area contributed by atoms with Crippen molar-refractivity contribution < 1.29 is 13.2 Å². The molecule has 0 atom stereocenters. The molecular formula is C20H28N2O3S. The average Bonchev–Trinajstić information content (AvgIpc) is 3.20. The van der Waals surface area contributed by atoms with Crippen LogP contribution in [-0.4, -0.2) is 25.6 Å². The standard InChI is InChI=1S/C20H28N2O3S/c1-15-14-17(16(2)22(15)3)12-13-21-26(23,24)20-10-8-19(9-11-20)25-18-6-4-5-7-18/h8-11,14,18,21H,4-7,12-13H2,1-3H3. The molecule has 0 saturated heterocycles. The van der Waals surface area contributed by atoms with Crippen LogP contribution in [-0.2, 0) is 23.5 Å². The Hall–Kier alpha value is -1.79. The van der Waals surface area contributed by atoms with Crippen LogP contribution < -0.4 is 9.46 Å². The topological polar surface area (TPSA) is 60.3 Å². The fourth-order valence-corrected chi connectivity index (χ4v) is 4.52. The fraction of sp³-hybridized carbons (Fsp3) is 0.500. The van der Waals surface area contributed by atoms with E-state index in [2.05, 4.69) is 29.2 Å². The minimum absolute atomic E-state index is 0.271. The molecule has 142 valence electrons. The second-order valence-corrected chi connectivity index (χ2v) is 8.87. The zero-order chi connectivity index (χ0) is 18.7. The lowest BCUT2D eigenvalue weighted by molar-refractivity contribution is 0.210. The van der Waals surface area contributed by atoms with Gasteiger partial charge in [-0.3, -0.25) is 0 Å². The molecule has 6 heteroatoms. The molecule has 1 N–H and O–H groups in total. The minimum Gasteiger partial charge on any atom is -0.490 e. The molecule has 1 aromatic heterocycles. The summed E-state index contributed by atoms with van der Waals surface area (Å²) in [6, 6.07) is 8.84. The van der Waals surface area contributed by atoms with E-state index in [0.717, 1.165) is 18.6 Å². The van der Waals surface area contributed by atoms with Gasteiger partial charge in [0.1, 0.15) is 5.75 Å². The maximum absolute atomic E-state index is 12.5. The van der Waals surface area contributed by atoms with E-state index in [1.54, 1.807) is 24.3 Å². The Labute approximate surface area is 156 Å². The Bertz CT molecular complexity index is 848. The molecule has 1 aliphatic carbocycles. The number of benzene rings is 1. The van der Waals surface area contributed by atoms with Crippen LogP contribution in [0.15, 0.2) is 35.2 Å². The van der Waals surface area contributed by atoms with E-state index < -0.39 is 10.0 Å². The summed E-state index contributed by atoms with van der Waals surface area (Å²) in [5.41, 5.74) is 3.53. The molecule has 0 aliphatic heterocycles. The highest BCUT2D eigenvalue weighted by Gasteiger charge is 2.18. The highest BCUT2D eigenvalue weighted by atomic mass is 32.2. The number of aromatic nitrogens is 1. The predicted molar refractivity (Wildman–Crippen MR) is 103 cm³/mol. The highest BCUT2D eigenvalue weighted by Crippen LogP contribution is 2.25. The molecule has 0 bridgehead atoms. The lowest BCUT2D eigenvalue weighted by Crippen LogP contribution is -2.26. The summed E-state index contributed by atoms with van der Waals surface area (Å²) in [5.74, 6) is 0.742. The smallest absolute Gasteiger partial charge is 0.240 e. The lowest BCUT2D eigenvalue weighted by Gasteiger charge is -2.13. The van der Waals surface area contributed by atoms with Crippen molar-refractivity contribution in [2.45, 2.75) is 57.0 Å². The predicted octanol–water partition coefficient (Wildman–Crippen LogP) is 3.48. The fourth-order valence-electron chi connectivity index (χ4n) is 3.49. The number of nitrogens with one attached hydrogen (secondary N) is 1. The largest absolute Gasteiger partial charge is 0.490 e. The normalized spacial score (nSPS) is 15.5. The minimum atomic E-state index is -3.50. The van der Waals surface area contributed by atoms with E-state index in [4.69, 9.17) is 4.74 Å². The Morgan fingerprint density at radius 2 is 1.81 bits per heavy atom. The molecule has 1 fully saturated rings. The van der Waals surface area contributed by atoms with Gasteiger partial charge in [0.15, 0.2) is 0 Å². The van der Waals surface area contributed by atoms with Crippen molar-refractivity contribution in [3.05, 3.63) is 47.3 Å². The SMILES string of the molecule is Cc1cc(CCNS(=O)(=O)c2ccc(OC3CCCC3)cc2)c(C)n1C. The summed E-state index contributed by atoms with van der Waals surface area (Å²) in [6.45, 7) is 4.49. The van der Waals surface area contributed by atoms with Gasteiger partial charge in [0, 0.05) is 25.0 Å². The molecule has 0 amide bonds. The van der Waals surface area contributed by atoms with Crippen LogP contribution in [0.2, 0.25) is 0 Å². The molecule has 5 nitrogen and oxygen atoms in total. The first-order chi connectivity index (χ1) is 12.4. The van der Waals surface area contributed by atoms with Gasteiger partial charge < -0.3 is 9.30 Å². The van der Waals surface area contributed by atoms with Gasteiger partial charge in [0.2, 0.25) is 10.0 Å². The van der Waals surface area contributed by atoms with Gasteiger partial charge in [-0.05, 0) is 81.8 Å².